The van der Waals surface area contributed by atoms with Crippen molar-refractivity contribution in [2.45, 2.75) is 6.42 Å². The number of carbonyl (C=O) groups is 1. The zero-order valence-corrected chi connectivity index (χ0v) is 9.02. The molecule has 7 nitrogen and oxygen atoms in total. The molecule has 0 aliphatic carbocycles. The zero-order chi connectivity index (χ0) is 11.8. The van der Waals surface area contributed by atoms with Crippen LogP contribution in [0.1, 0.15) is 6.42 Å². The molecule has 2 aromatic rings. The van der Waals surface area contributed by atoms with Crippen LogP contribution in [-0.4, -0.2) is 43.7 Å². The number of carboxylic acids is 1. The average molecular weight is 233 g/mol. The summed E-state index contributed by atoms with van der Waals surface area (Å²) in [6.07, 6.45) is 5.31. The highest BCUT2D eigenvalue weighted by Gasteiger charge is 2.31. The van der Waals surface area contributed by atoms with Crippen molar-refractivity contribution in [2.75, 3.05) is 18.0 Å². The molecule has 3 rings (SSSR count). The second kappa shape index (κ2) is 3.69. The Balaban J connectivity index is 1.78. The number of nitrogens with zero attached hydrogens (tertiary/aromatic N) is 5. The van der Waals surface area contributed by atoms with Gasteiger partial charge in [-0.1, -0.05) is 0 Å². The lowest BCUT2D eigenvalue weighted by molar-refractivity contribution is -0.138. The van der Waals surface area contributed by atoms with E-state index >= 15 is 0 Å². The fourth-order valence-corrected chi connectivity index (χ4v) is 2.09. The molecule has 1 N–H and O–H groups in total. The van der Waals surface area contributed by atoms with Crippen molar-refractivity contribution in [3.05, 3.63) is 18.7 Å². The van der Waals surface area contributed by atoms with E-state index in [9.17, 15) is 4.79 Å². The van der Waals surface area contributed by atoms with Crippen LogP contribution in [0.4, 0.5) is 5.82 Å². The summed E-state index contributed by atoms with van der Waals surface area (Å²) in [4.78, 5) is 16.9. The van der Waals surface area contributed by atoms with Gasteiger partial charge in [0.15, 0.2) is 5.82 Å². The molecular weight excluding hydrogens is 222 g/mol. The van der Waals surface area contributed by atoms with Gasteiger partial charge in [-0.05, 0) is 0 Å². The van der Waals surface area contributed by atoms with Crippen molar-refractivity contribution in [3.8, 4) is 0 Å². The van der Waals surface area contributed by atoms with Gasteiger partial charge in [-0.25, -0.2) is 4.98 Å². The van der Waals surface area contributed by atoms with E-state index in [2.05, 4.69) is 15.2 Å². The maximum absolute atomic E-state index is 10.6. The quantitative estimate of drug-likeness (QED) is 0.805. The topological polar surface area (TPSA) is 83.6 Å². The Labute approximate surface area is 96.7 Å². The molecule has 1 saturated heterocycles. The first-order valence-corrected chi connectivity index (χ1v) is 5.35. The fourth-order valence-electron chi connectivity index (χ4n) is 2.09. The molecule has 1 fully saturated rings. The molecule has 7 heteroatoms. The SMILES string of the molecule is O=C(O)CC1CN(c2nccn3cnnc23)C1. The first kappa shape index (κ1) is 10.0. The average Bonchev–Trinajstić information content (AvgIpc) is 2.70. The Morgan fingerprint density at radius 3 is 3.12 bits per heavy atom. The monoisotopic (exact) mass is 233 g/mol. The van der Waals surface area contributed by atoms with Crippen molar-refractivity contribution in [1.29, 1.82) is 0 Å². The van der Waals surface area contributed by atoms with Crippen molar-refractivity contribution in [3.63, 3.8) is 0 Å². The van der Waals surface area contributed by atoms with E-state index in [0.29, 0.717) is 18.7 Å². The molecule has 3 heterocycles. The molecule has 1 aliphatic heterocycles. The predicted octanol–water partition coefficient (Wildman–Crippen LogP) is 0.0352. The summed E-state index contributed by atoms with van der Waals surface area (Å²) < 4.78 is 1.80. The lowest BCUT2D eigenvalue weighted by atomic mass is 9.96. The molecule has 0 aromatic carbocycles. The normalized spacial score (nSPS) is 16.1. The number of aromatic nitrogens is 4. The number of carboxylic acid groups (broad SMARTS) is 1. The van der Waals surface area contributed by atoms with Crippen LogP contribution in [0.3, 0.4) is 0 Å². The first-order valence-electron chi connectivity index (χ1n) is 5.35. The third-order valence-corrected chi connectivity index (χ3v) is 2.92. The Kier molecular flexibility index (Phi) is 2.17. The van der Waals surface area contributed by atoms with Crippen LogP contribution in [0.25, 0.3) is 5.65 Å². The van der Waals surface area contributed by atoms with Gasteiger partial charge in [0.1, 0.15) is 6.33 Å². The minimum Gasteiger partial charge on any atom is -0.481 e. The van der Waals surface area contributed by atoms with Crippen LogP contribution in [-0.2, 0) is 4.79 Å². The summed E-state index contributed by atoms with van der Waals surface area (Å²) in [6, 6.07) is 0. The van der Waals surface area contributed by atoms with Crippen LogP contribution < -0.4 is 4.90 Å². The molecule has 0 saturated carbocycles. The van der Waals surface area contributed by atoms with Gasteiger partial charge in [-0.2, -0.15) is 0 Å². The van der Waals surface area contributed by atoms with Crippen molar-refractivity contribution in [1.82, 2.24) is 19.6 Å². The van der Waals surface area contributed by atoms with E-state index in [0.717, 1.165) is 5.82 Å². The summed E-state index contributed by atoms with van der Waals surface area (Å²) in [5, 5.41) is 16.5. The van der Waals surface area contributed by atoms with Gasteiger partial charge in [-0.15, -0.1) is 10.2 Å². The maximum atomic E-state index is 10.6. The smallest absolute Gasteiger partial charge is 0.303 e. The van der Waals surface area contributed by atoms with Gasteiger partial charge in [0.2, 0.25) is 5.65 Å². The number of hydrogen-bond acceptors (Lipinski definition) is 5. The Morgan fingerprint density at radius 1 is 1.53 bits per heavy atom. The van der Waals surface area contributed by atoms with Crippen LogP contribution in [0, 0.1) is 5.92 Å². The molecule has 17 heavy (non-hydrogen) atoms. The molecule has 1 aliphatic rings. The number of rotatable bonds is 3. The molecule has 0 unspecified atom stereocenters. The van der Waals surface area contributed by atoms with Crippen molar-refractivity contribution < 1.29 is 9.90 Å². The second-order valence-electron chi connectivity index (χ2n) is 4.18. The van der Waals surface area contributed by atoms with E-state index in [1.54, 1.807) is 23.1 Å². The molecule has 0 atom stereocenters. The summed E-state index contributed by atoms with van der Waals surface area (Å²) >= 11 is 0. The summed E-state index contributed by atoms with van der Waals surface area (Å²) in [5.41, 5.74) is 0.710. The highest BCUT2D eigenvalue weighted by molar-refractivity contribution is 5.69. The molecule has 0 radical (unpaired) electrons. The van der Waals surface area contributed by atoms with Crippen LogP contribution in [0.2, 0.25) is 0 Å². The standard InChI is InChI=1S/C10H11N5O2/c16-8(17)3-7-4-15(5-7)9-10-13-12-6-14(10)2-1-11-9/h1-2,6-7H,3-5H2,(H,16,17). The molecule has 0 amide bonds. The van der Waals surface area contributed by atoms with Gasteiger partial charge >= 0.3 is 5.97 Å². The summed E-state index contributed by atoms with van der Waals surface area (Å²) in [5.74, 6) is 0.229. The van der Waals surface area contributed by atoms with Crippen LogP contribution in [0.5, 0.6) is 0 Å². The van der Waals surface area contributed by atoms with E-state index in [4.69, 9.17) is 5.11 Å². The molecule has 0 spiro atoms. The number of anilines is 1. The Bertz CT molecular complexity index is 561. The van der Waals surface area contributed by atoms with Gasteiger partial charge < -0.3 is 10.0 Å². The Hall–Kier alpha value is -2.18. The third kappa shape index (κ3) is 1.69. The summed E-state index contributed by atoms with van der Waals surface area (Å²) in [7, 11) is 0. The molecule has 2 aromatic heterocycles. The van der Waals surface area contributed by atoms with Crippen LogP contribution >= 0.6 is 0 Å². The van der Waals surface area contributed by atoms with Crippen molar-refractivity contribution >= 4 is 17.4 Å². The van der Waals surface area contributed by atoms with E-state index in [1.807, 2.05) is 4.90 Å². The lowest BCUT2D eigenvalue weighted by Gasteiger charge is -2.39. The molecular formula is C10H11N5O2. The molecule has 0 bridgehead atoms. The second-order valence-corrected chi connectivity index (χ2v) is 4.18. The lowest BCUT2D eigenvalue weighted by Crippen LogP contribution is -2.48. The predicted molar refractivity (Wildman–Crippen MR) is 58.7 cm³/mol. The molecule has 88 valence electrons. The van der Waals surface area contributed by atoms with E-state index < -0.39 is 5.97 Å². The first-order chi connectivity index (χ1) is 8.24. The van der Waals surface area contributed by atoms with Gasteiger partial charge in [0.05, 0.1) is 6.42 Å². The number of fused-ring (bicyclic) bond motifs is 1. The van der Waals surface area contributed by atoms with E-state index in [1.165, 1.54) is 0 Å². The highest BCUT2D eigenvalue weighted by atomic mass is 16.4. The van der Waals surface area contributed by atoms with Gasteiger partial charge in [-0.3, -0.25) is 9.20 Å². The Morgan fingerprint density at radius 2 is 2.35 bits per heavy atom. The minimum absolute atomic E-state index is 0.206. The van der Waals surface area contributed by atoms with Gasteiger partial charge in [0.25, 0.3) is 0 Å². The zero-order valence-electron chi connectivity index (χ0n) is 9.02. The van der Waals surface area contributed by atoms with E-state index in [-0.39, 0.29) is 12.3 Å². The largest absolute Gasteiger partial charge is 0.481 e. The summed E-state index contributed by atoms with van der Waals surface area (Å²) in [6.45, 7) is 1.43. The number of aliphatic carboxylic acids is 1. The van der Waals surface area contributed by atoms with Crippen molar-refractivity contribution in [2.24, 2.45) is 5.92 Å². The number of hydrogen-bond donors (Lipinski definition) is 1. The third-order valence-electron chi connectivity index (χ3n) is 2.92. The fraction of sp³-hybridized carbons (Fsp3) is 0.400. The highest BCUT2D eigenvalue weighted by Crippen LogP contribution is 2.26. The van der Waals surface area contributed by atoms with Crippen LogP contribution in [0.15, 0.2) is 18.7 Å². The minimum atomic E-state index is -0.747. The maximum Gasteiger partial charge on any atom is 0.303 e. The van der Waals surface area contributed by atoms with Gasteiger partial charge in [0, 0.05) is 31.4 Å².